The highest BCUT2D eigenvalue weighted by atomic mass is 16.3. The monoisotopic (exact) mass is 333 g/mol. The van der Waals surface area contributed by atoms with Crippen molar-refractivity contribution in [3.8, 4) is 0 Å². The average molecular weight is 333 g/mol. The topological polar surface area (TPSA) is 90.5 Å². The Morgan fingerprint density at radius 3 is 2.38 bits per heavy atom. The molecule has 6 heteroatoms. The van der Waals surface area contributed by atoms with Gasteiger partial charge in [-0.2, -0.15) is 0 Å². The molecule has 0 aliphatic heterocycles. The number of anilines is 1. The zero-order valence-corrected chi connectivity index (χ0v) is 14.3. The predicted molar refractivity (Wildman–Crippen MR) is 94.1 cm³/mol. The number of carbonyl (C=O) groups is 2. The van der Waals surface area contributed by atoms with Gasteiger partial charge in [0.2, 0.25) is 0 Å². The number of nitrogens with one attached hydrogen (secondary N) is 3. The standard InChI is InChI=1S/C18H27N3O3/c1-3-12(2)19-17(23)13-4-6-14(7-5-13)20-18(24)21-15-8-10-16(22)11-9-15/h4-7,12,15-16,22H,3,8-11H2,1-2H3,(H,19,23)(H2,20,21,24). The summed E-state index contributed by atoms with van der Waals surface area (Å²) in [6.07, 6.45) is 3.69. The van der Waals surface area contributed by atoms with Crippen molar-refractivity contribution in [2.45, 2.75) is 64.1 Å². The van der Waals surface area contributed by atoms with Gasteiger partial charge in [-0.15, -0.1) is 0 Å². The molecule has 0 radical (unpaired) electrons. The van der Waals surface area contributed by atoms with Gasteiger partial charge in [-0.1, -0.05) is 6.92 Å². The molecule has 1 aliphatic carbocycles. The van der Waals surface area contributed by atoms with Crippen molar-refractivity contribution in [3.05, 3.63) is 29.8 Å². The number of benzene rings is 1. The summed E-state index contributed by atoms with van der Waals surface area (Å²) in [6.45, 7) is 3.98. The highest BCUT2D eigenvalue weighted by Crippen LogP contribution is 2.18. The Balaban J connectivity index is 1.82. The minimum absolute atomic E-state index is 0.106. The SMILES string of the molecule is CCC(C)NC(=O)c1ccc(NC(=O)NC2CCC(O)CC2)cc1. The van der Waals surface area contributed by atoms with E-state index >= 15 is 0 Å². The summed E-state index contributed by atoms with van der Waals surface area (Å²) in [4.78, 5) is 24.0. The lowest BCUT2D eigenvalue weighted by molar-refractivity contribution is 0.0939. The molecule has 0 heterocycles. The highest BCUT2D eigenvalue weighted by molar-refractivity contribution is 5.95. The van der Waals surface area contributed by atoms with E-state index in [1.54, 1.807) is 24.3 Å². The normalized spacial score (nSPS) is 21.6. The maximum atomic E-state index is 12.0. The smallest absolute Gasteiger partial charge is 0.319 e. The fraction of sp³-hybridized carbons (Fsp3) is 0.556. The van der Waals surface area contributed by atoms with Crippen LogP contribution in [0.5, 0.6) is 0 Å². The number of hydrogen-bond acceptors (Lipinski definition) is 3. The van der Waals surface area contributed by atoms with Crippen molar-refractivity contribution in [1.82, 2.24) is 10.6 Å². The van der Waals surface area contributed by atoms with Crippen molar-refractivity contribution in [3.63, 3.8) is 0 Å². The molecule has 3 amide bonds. The molecule has 6 nitrogen and oxygen atoms in total. The van der Waals surface area contributed by atoms with Gasteiger partial charge in [-0.05, 0) is 63.3 Å². The van der Waals surface area contributed by atoms with Gasteiger partial charge in [-0.3, -0.25) is 4.79 Å². The molecule has 1 saturated carbocycles. The number of carbonyl (C=O) groups excluding carboxylic acids is 2. The first-order valence-corrected chi connectivity index (χ1v) is 8.64. The molecule has 1 aromatic rings. The van der Waals surface area contributed by atoms with E-state index in [1.165, 1.54) is 0 Å². The van der Waals surface area contributed by atoms with E-state index in [-0.39, 0.29) is 30.1 Å². The molecule has 0 saturated heterocycles. The van der Waals surface area contributed by atoms with E-state index in [4.69, 9.17) is 0 Å². The highest BCUT2D eigenvalue weighted by Gasteiger charge is 2.20. The number of amides is 3. The average Bonchev–Trinajstić information content (AvgIpc) is 2.57. The lowest BCUT2D eigenvalue weighted by Crippen LogP contribution is -2.40. The molecule has 1 unspecified atom stereocenters. The van der Waals surface area contributed by atoms with E-state index in [0.29, 0.717) is 11.3 Å². The fourth-order valence-electron chi connectivity index (χ4n) is 2.69. The summed E-state index contributed by atoms with van der Waals surface area (Å²) in [5.74, 6) is -0.110. The number of hydrogen-bond donors (Lipinski definition) is 4. The predicted octanol–water partition coefficient (Wildman–Crippen LogP) is 2.64. The molecular weight excluding hydrogens is 306 g/mol. The Bertz CT molecular complexity index is 551. The first kappa shape index (κ1) is 18.3. The van der Waals surface area contributed by atoms with Crippen LogP contribution in [0.1, 0.15) is 56.3 Å². The Kier molecular flexibility index (Phi) is 6.61. The van der Waals surface area contributed by atoms with Gasteiger partial charge in [0, 0.05) is 23.3 Å². The Hall–Kier alpha value is -2.08. The molecule has 4 N–H and O–H groups in total. The number of aliphatic hydroxyl groups excluding tert-OH is 1. The molecule has 1 fully saturated rings. The van der Waals surface area contributed by atoms with E-state index in [1.807, 2.05) is 13.8 Å². The molecule has 1 atom stereocenters. The fourth-order valence-corrected chi connectivity index (χ4v) is 2.69. The molecule has 0 bridgehead atoms. The molecule has 0 aromatic heterocycles. The summed E-state index contributed by atoms with van der Waals surface area (Å²) >= 11 is 0. The molecule has 2 rings (SSSR count). The van der Waals surface area contributed by atoms with Crippen LogP contribution in [0.25, 0.3) is 0 Å². The van der Waals surface area contributed by atoms with Crippen molar-refractivity contribution in [2.75, 3.05) is 5.32 Å². The van der Waals surface area contributed by atoms with Crippen LogP contribution >= 0.6 is 0 Å². The van der Waals surface area contributed by atoms with Crippen LogP contribution in [-0.4, -0.2) is 35.2 Å². The second-order valence-corrected chi connectivity index (χ2v) is 6.46. The van der Waals surface area contributed by atoms with E-state index in [9.17, 15) is 14.7 Å². The second-order valence-electron chi connectivity index (χ2n) is 6.46. The molecule has 0 spiro atoms. The quantitative estimate of drug-likeness (QED) is 0.668. The van der Waals surface area contributed by atoms with Crippen LogP contribution in [0.15, 0.2) is 24.3 Å². The minimum Gasteiger partial charge on any atom is -0.393 e. The Morgan fingerprint density at radius 2 is 1.79 bits per heavy atom. The second kappa shape index (κ2) is 8.68. The zero-order valence-electron chi connectivity index (χ0n) is 14.3. The van der Waals surface area contributed by atoms with Crippen LogP contribution < -0.4 is 16.0 Å². The third-order valence-corrected chi connectivity index (χ3v) is 4.43. The largest absolute Gasteiger partial charge is 0.393 e. The van der Waals surface area contributed by atoms with Crippen molar-refractivity contribution < 1.29 is 14.7 Å². The molecule has 1 aliphatic rings. The zero-order chi connectivity index (χ0) is 17.5. The van der Waals surface area contributed by atoms with E-state index < -0.39 is 0 Å². The summed E-state index contributed by atoms with van der Waals surface area (Å²) < 4.78 is 0. The minimum atomic E-state index is -0.256. The Morgan fingerprint density at radius 1 is 1.17 bits per heavy atom. The van der Waals surface area contributed by atoms with Gasteiger partial charge in [0.25, 0.3) is 5.91 Å². The third kappa shape index (κ3) is 5.53. The van der Waals surface area contributed by atoms with Crippen LogP contribution in [0.4, 0.5) is 10.5 Å². The van der Waals surface area contributed by atoms with Gasteiger partial charge in [0.1, 0.15) is 0 Å². The van der Waals surface area contributed by atoms with Gasteiger partial charge in [-0.25, -0.2) is 4.79 Å². The molecule has 132 valence electrons. The third-order valence-electron chi connectivity index (χ3n) is 4.43. The number of urea groups is 1. The van der Waals surface area contributed by atoms with Gasteiger partial charge in [0.05, 0.1) is 6.10 Å². The van der Waals surface area contributed by atoms with Gasteiger partial charge in [0.15, 0.2) is 0 Å². The van der Waals surface area contributed by atoms with Crippen molar-refractivity contribution in [1.29, 1.82) is 0 Å². The number of aliphatic hydroxyl groups is 1. The van der Waals surface area contributed by atoms with E-state index in [0.717, 1.165) is 32.1 Å². The molecule has 1 aromatic carbocycles. The summed E-state index contributed by atoms with van der Waals surface area (Å²) in [5.41, 5.74) is 1.21. The van der Waals surface area contributed by atoms with Crippen LogP contribution in [-0.2, 0) is 0 Å². The van der Waals surface area contributed by atoms with Gasteiger partial charge < -0.3 is 21.1 Å². The Labute approximate surface area is 143 Å². The van der Waals surface area contributed by atoms with Crippen LogP contribution in [0.2, 0.25) is 0 Å². The molecule has 24 heavy (non-hydrogen) atoms. The first-order valence-electron chi connectivity index (χ1n) is 8.64. The first-order chi connectivity index (χ1) is 11.5. The number of rotatable bonds is 5. The molecular formula is C18H27N3O3. The van der Waals surface area contributed by atoms with Crippen molar-refractivity contribution in [2.24, 2.45) is 0 Å². The van der Waals surface area contributed by atoms with Gasteiger partial charge >= 0.3 is 6.03 Å². The lowest BCUT2D eigenvalue weighted by Gasteiger charge is -2.26. The maximum absolute atomic E-state index is 12.0. The summed E-state index contributed by atoms with van der Waals surface area (Å²) in [5, 5.41) is 18.1. The van der Waals surface area contributed by atoms with Crippen molar-refractivity contribution >= 4 is 17.6 Å². The summed E-state index contributed by atoms with van der Waals surface area (Å²) in [7, 11) is 0. The maximum Gasteiger partial charge on any atom is 0.319 e. The van der Waals surface area contributed by atoms with Crippen LogP contribution in [0, 0.1) is 0 Å². The summed E-state index contributed by atoms with van der Waals surface area (Å²) in [6, 6.07) is 6.82. The lowest BCUT2D eigenvalue weighted by atomic mass is 9.93. The van der Waals surface area contributed by atoms with E-state index in [2.05, 4.69) is 16.0 Å². The van der Waals surface area contributed by atoms with Crippen LogP contribution in [0.3, 0.4) is 0 Å².